The molecule has 2 saturated heterocycles. The zero-order valence-corrected chi connectivity index (χ0v) is 23.9. The lowest BCUT2D eigenvalue weighted by molar-refractivity contribution is -0.141. The number of sulfone groups is 1. The van der Waals surface area contributed by atoms with Gasteiger partial charge in [-0.3, -0.25) is 14.4 Å². The molecule has 2 aliphatic heterocycles. The highest BCUT2D eigenvalue weighted by Crippen LogP contribution is 2.22. The zero-order chi connectivity index (χ0) is 28.8. The molecule has 3 amide bonds. The molecular weight excluding hydrogens is 526 g/mol. The van der Waals surface area contributed by atoms with Gasteiger partial charge in [0, 0.05) is 26.7 Å². The fourth-order valence-electron chi connectivity index (χ4n) is 4.66. The van der Waals surface area contributed by atoms with Crippen LogP contribution in [-0.2, 0) is 39.4 Å². The average Bonchev–Trinajstić information content (AvgIpc) is 3.07. The van der Waals surface area contributed by atoms with E-state index in [1.807, 2.05) is 0 Å². The number of Topliss-reactive ketones (excluding diaryl/α,β-unsaturated/α-hetero) is 1. The number of hydrogen-bond acceptors (Lipinski definition) is 8. The highest BCUT2D eigenvalue weighted by atomic mass is 32.2. The Bertz CT molecular complexity index is 1140. The molecule has 2 heterocycles. The third-order valence-electron chi connectivity index (χ3n) is 6.73. The first kappa shape index (κ1) is 30.6. The van der Waals surface area contributed by atoms with Crippen LogP contribution in [0.3, 0.4) is 0 Å². The number of morpholine rings is 1. The van der Waals surface area contributed by atoms with Crippen LogP contribution in [0.5, 0.6) is 0 Å². The number of carbonyl (C=O) groups is 4. The van der Waals surface area contributed by atoms with Crippen molar-refractivity contribution in [3.63, 3.8) is 0 Å². The van der Waals surface area contributed by atoms with Crippen LogP contribution in [0, 0.1) is 0 Å². The Hall–Kier alpha value is -2.99. The van der Waals surface area contributed by atoms with Gasteiger partial charge in [-0.2, -0.15) is 0 Å². The fourth-order valence-corrected chi connectivity index (χ4v) is 6.39. The third kappa shape index (κ3) is 8.50. The molecule has 0 bridgehead atoms. The summed E-state index contributed by atoms with van der Waals surface area (Å²) in [6.07, 6.45) is -0.474. The first-order chi connectivity index (χ1) is 18.3. The molecule has 2 fully saturated rings. The number of carbonyl (C=O) groups excluding carboxylic acids is 4. The zero-order valence-electron chi connectivity index (χ0n) is 23.1. The highest BCUT2D eigenvalue weighted by Gasteiger charge is 2.41. The average molecular weight is 566 g/mol. The van der Waals surface area contributed by atoms with E-state index in [2.05, 4.69) is 0 Å². The molecular formula is C27H39N3O8S. The summed E-state index contributed by atoms with van der Waals surface area (Å²) in [4.78, 5) is 56.5. The quantitative estimate of drug-likeness (QED) is 0.488. The highest BCUT2D eigenvalue weighted by molar-refractivity contribution is 7.92. The van der Waals surface area contributed by atoms with Gasteiger partial charge in [0.15, 0.2) is 15.6 Å². The van der Waals surface area contributed by atoms with Gasteiger partial charge in [0.1, 0.15) is 10.9 Å². The molecule has 0 aliphatic carbocycles. The Morgan fingerprint density at radius 1 is 1.08 bits per heavy atom. The molecule has 0 N–H and O–H groups in total. The minimum Gasteiger partial charge on any atom is -0.444 e. The van der Waals surface area contributed by atoms with Gasteiger partial charge in [0.2, 0.25) is 11.8 Å². The lowest BCUT2D eigenvalue weighted by atomic mass is 10.1. The van der Waals surface area contributed by atoms with Crippen molar-refractivity contribution in [2.75, 3.05) is 46.4 Å². The van der Waals surface area contributed by atoms with Gasteiger partial charge in [-0.1, -0.05) is 30.3 Å². The predicted molar refractivity (Wildman–Crippen MR) is 143 cm³/mol. The number of rotatable bonds is 7. The summed E-state index contributed by atoms with van der Waals surface area (Å²) in [5, 5.41) is -1.66. The molecule has 2 atom stereocenters. The molecule has 0 saturated carbocycles. The van der Waals surface area contributed by atoms with E-state index >= 15 is 0 Å². The van der Waals surface area contributed by atoms with Crippen molar-refractivity contribution in [3.05, 3.63) is 35.9 Å². The molecule has 12 heteroatoms. The van der Waals surface area contributed by atoms with Crippen molar-refractivity contribution >= 4 is 33.5 Å². The van der Waals surface area contributed by atoms with Crippen LogP contribution >= 0.6 is 0 Å². The van der Waals surface area contributed by atoms with E-state index in [9.17, 15) is 27.6 Å². The van der Waals surface area contributed by atoms with Crippen LogP contribution in [0.4, 0.5) is 4.79 Å². The van der Waals surface area contributed by atoms with Gasteiger partial charge in [-0.05, 0) is 39.2 Å². The Labute approximate surface area is 230 Å². The number of nitrogens with zero attached hydrogens (tertiary/aromatic N) is 3. The van der Waals surface area contributed by atoms with Crippen LogP contribution in [0.1, 0.15) is 45.6 Å². The maximum atomic E-state index is 13.8. The number of benzene rings is 1. The summed E-state index contributed by atoms with van der Waals surface area (Å²) in [5.41, 5.74) is -0.235. The molecule has 2 unspecified atom stereocenters. The van der Waals surface area contributed by atoms with Gasteiger partial charge < -0.3 is 24.2 Å². The number of likely N-dealkylation sites (tertiary alicyclic amines) is 1. The van der Waals surface area contributed by atoms with E-state index in [0.717, 1.165) is 4.90 Å². The second-order valence-electron chi connectivity index (χ2n) is 11.0. The van der Waals surface area contributed by atoms with Crippen molar-refractivity contribution < 1.29 is 37.1 Å². The van der Waals surface area contributed by atoms with Crippen molar-refractivity contribution in [2.24, 2.45) is 0 Å². The summed E-state index contributed by atoms with van der Waals surface area (Å²) in [6, 6.07) is 7.52. The monoisotopic (exact) mass is 565 g/mol. The molecule has 216 valence electrons. The van der Waals surface area contributed by atoms with E-state index in [4.69, 9.17) is 9.47 Å². The van der Waals surface area contributed by atoms with Crippen LogP contribution in [-0.4, -0.2) is 110 Å². The number of ketones is 1. The number of ether oxygens (including phenoxy) is 2. The van der Waals surface area contributed by atoms with E-state index in [-0.39, 0.29) is 19.5 Å². The van der Waals surface area contributed by atoms with E-state index in [1.54, 1.807) is 51.1 Å². The van der Waals surface area contributed by atoms with Gasteiger partial charge >= 0.3 is 6.09 Å². The molecule has 1 aromatic carbocycles. The topological polar surface area (TPSA) is 131 Å². The summed E-state index contributed by atoms with van der Waals surface area (Å²) in [6.45, 7) is 6.51. The number of likely N-dealkylation sites (N-methyl/N-ethyl adjacent to an activating group) is 1. The first-order valence-corrected chi connectivity index (χ1v) is 14.9. The summed E-state index contributed by atoms with van der Waals surface area (Å²) in [5.74, 6) is -2.08. The van der Waals surface area contributed by atoms with Gasteiger partial charge in [0.05, 0.1) is 38.0 Å². The smallest absolute Gasteiger partial charge is 0.410 e. The third-order valence-corrected chi connectivity index (χ3v) is 8.71. The number of hydrogen-bond donors (Lipinski definition) is 0. The van der Waals surface area contributed by atoms with Crippen molar-refractivity contribution in [1.29, 1.82) is 0 Å². The summed E-state index contributed by atoms with van der Waals surface area (Å²) < 4.78 is 37.8. The maximum absolute atomic E-state index is 13.8. The van der Waals surface area contributed by atoms with Crippen molar-refractivity contribution in [3.8, 4) is 0 Å². The van der Waals surface area contributed by atoms with Crippen LogP contribution in [0.25, 0.3) is 0 Å². The molecule has 3 rings (SSSR count). The molecule has 0 spiro atoms. The summed E-state index contributed by atoms with van der Waals surface area (Å²) in [7, 11) is -2.74. The summed E-state index contributed by atoms with van der Waals surface area (Å²) >= 11 is 0. The lowest BCUT2D eigenvalue weighted by Gasteiger charge is -2.32. The lowest BCUT2D eigenvalue weighted by Crippen LogP contribution is -2.52. The van der Waals surface area contributed by atoms with Crippen LogP contribution in [0.2, 0.25) is 0 Å². The molecule has 0 radical (unpaired) electrons. The minimum atomic E-state index is -4.13. The Morgan fingerprint density at radius 2 is 1.72 bits per heavy atom. The van der Waals surface area contributed by atoms with Crippen molar-refractivity contribution in [2.45, 2.75) is 62.7 Å². The normalized spacial score (nSPS) is 19.7. The first-order valence-electron chi connectivity index (χ1n) is 13.2. The Balaban J connectivity index is 1.81. The molecule has 2 aliphatic rings. The van der Waals surface area contributed by atoms with E-state index in [1.165, 1.54) is 16.8 Å². The second kappa shape index (κ2) is 12.9. The Kier molecular flexibility index (Phi) is 10.1. The predicted octanol–water partition coefficient (Wildman–Crippen LogP) is 1.65. The van der Waals surface area contributed by atoms with Gasteiger partial charge in [0.25, 0.3) is 0 Å². The van der Waals surface area contributed by atoms with Gasteiger partial charge in [-0.25, -0.2) is 13.2 Å². The standard InChI is InChI=1S/C27H39N3O8S/c1-27(2,3)38-26(34)30-12-8-11-21(22(31)18-30)28(4)25(33)23(17-24(32)29-13-15-37-16-14-29)39(35,36)19-20-9-6-5-7-10-20/h5-7,9-10,21,23H,8,11-19H2,1-4H3. The second-order valence-corrected chi connectivity index (χ2v) is 13.1. The van der Waals surface area contributed by atoms with E-state index < -0.39 is 62.6 Å². The van der Waals surface area contributed by atoms with Crippen LogP contribution < -0.4 is 0 Å². The molecule has 0 aromatic heterocycles. The Morgan fingerprint density at radius 3 is 2.33 bits per heavy atom. The fraction of sp³-hybridized carbons (Fsp3) is 0.630. The SMILES string of the molecule is CN(C(=O)C(CC(=O)N1CCOCC1)S(=O)(=O)Cc1ccccc1)C1CCCN(C(=O)OC(C)(C)C)CC1=O. The molecule has 1 aromatic rings. The minimum absolute atomic E-state index is 0.253. The molecule has 39 heavy (non-hydrogen) atoms. The largest absolute Gasteiger partial charge is 0.444 e. The van der Waals surface area contributed by atoms with Gasteiger partial charge in [-0.15, -0.1) is 0 Å². The van der Waals surface area contributed by atoms with Crippen molar-refractivity contribution in [1.82, 2.24) is 14.7 Å². The van der Waals surface area contributed by atoms with E-state index in [0.29, 0.717) is 38.3 Å². The van der Waals surface area contributed by atoms with Crippen LogP contribution in [0.15, 0.2) is 30.3 Å². The number of amides is 3. The maximum Gasteiger partial charge on any atom is 0.410 e. The molecule has 11 nitrogen and oxygen atoms in total.